The molecule has 0 saturated carbocycles. The number of non-ortho nitro benzene ring substituents is 1. The molecule has 2 rings (SSSR count). The van der Waals surface area contributed by atoms with E-state index in [9.17, 15) is 28.6 Å². The van der Waals surface area contributed by atoms with Crippen LogP contribution in [0.4, 0.5) is 22.7 Å². The Labute approximate surface area is 178 Å². The number of nitro groups is 2. The summed E-state index contributed by atoms with van der Waals surface area (Å²) in [7, 11) is -2.46. The Morgan fingerprint density at radius 3 is 2.23 bits per heavy atom. The van der Waals surface area contributed by atoms with Crippen molar-refractivity contribution in [2.45, 2.75) is 18.7 Å². The number of nitro benzene ring substituents is 2. The lowest BCUT2D eigenvalue weighted by atomic mass is 10.2. The third kappa shape index (κ3) is 5.32. The number of benzene rings is 2. The van der Waals surface area contributed by atoms with Gasteiger partial charge in [-0.15, -0.1) is 0 Å². The van der Waals surface area contributed by atoms with Crippen molar-refractivity contribution in [3.63, 3.8) is 0 Å². The fourth-order valence-corrected chi connectivity index (χ4v) is 4.42. The van der Waals surface area contributed by atoms with Gasteiger partial charge in [0.2, 0.25) is 10.0 Å². The molecule has 2 N–H and O–H groups in total. The van der Waals surface area contributed by atoms with Gasteiger partial charge in [-0.05, 0) is 12.1 Å². The highest BCUT2D eigenvalue weighted by Gasteiger charge is 2.27. The number of sulfonamides is 1. The molecule has 0 saturated heterocycles. The zero-order valence-electron chi connectivity index (χ0n) is 17.1. The van der Waals surface area contributed by atoms with Crippen LogP contribution in [0.1, 0.15) is 19.4 Å². The quantitative estimate of drug-likeness (QED) is 0.317. The first kappa shape index (κ1) is 23.7. The van der Waals surface area contributed by atoms with Gasteiger partial charge in [0.05, 0.1) is 21.7 Å². The standard InChI is InChI=1S/C18H22N6O6S/c1-4-22(5-2)31(29,30)18-11-14(23(25)26)7-9-16(18)21-20-12-13-6-8-15(19-3)17(10-13)24(27)28/h6-12,19,21H,4-5H2,1-3H3/b20-12+. The third-order valence-corrected chi connectivity index (χ3v) is 6.48. The Kier molecular flexibility index (Phi) is 7.61. The molecular formula is C18H22N6O6S. The highest BCUT2D eigenvalue weighted by Crippen LogP contribution is 2.29. The summed E-state index contributed by atoms with van der Waals surface area (Å²) in [6.45, 7) is 3.69. The minimum Gasteiger partial charge on any atom is -0.383 e. The van der Waals surface area contributed by atoms with E-state index in [2.05, 4.69) is 15.8 Å². The largest absolute Gasteiger partial charge is 0.383 e. The lowest BCUT2D eigenvalue weighted by molar-refractivity contribution is -0.385. The van der Waals surface area contributed by atoms with E-state index in [-0.39, 0.29) is 35.0 Å². The summed E-state index contributed by atoms with van der Waals surface area (Å²) < 4.78 is 27.1. The fraction of sp³-hybridized carbons (Fsp3) is 0.278. The Morgan fingerprint density at radius 1 is 1.03 bits per heavy atom. The average molecular weight is 450 g/mol. The van der Waals surface area contributed by atoms with Crippen LogP contribution in [0.2, 0.25) is 0 Å². The normalized spacial score (nSPS) is 11.6. The molecule has 2 aromatic carbocycles. The fourth-order valence-electron chi connectivity index (χ4n) is 2.80. The molecule has 166 valence electrons. The van der Waals surface area contributed by atoms with Gasteiger partial charge in [-0.3, -0.25) is 25.7 Å². The molecule has 0 aliphatic heterocycles. The number of nitrogens with zero attached hydrogens (tertiary/aromatic N) is 4. The highest BCUT2D eigenvalue weighted by atomic mass is 32.2. The molecule has 0 heterocycles. The number of hydrazone groups is 1. The Hall–Kier alpha value is -3.58. The van der Waals surface area contributed by atoms with Gasteiger partial charge >= 0.3 is 0 Å². The Balaban J connectivity index is 2.42. The predicted molar refractivity (Wildman–Crippen MR) is 117 cm³/mol. The van der Waals surface area contributed by atoms with Crippen molar-refractivity contribution < 1.29 is 18.3 Å². The van der Waals surface area contributed by atoms with Crippen molar-refractivity contribution in [1.82, 2.24) is 4.31 Å². The lowest BCUT2D eigenvalue weighted by Gasteiger charge is -2.20. The number of nitrogens with one attached hydrogen (secondary N) is 2. The first-order chi connectivity index (χ1) is 14.6. The smallest absolute Gasteiger partial charge is 0.292 e. The molecule has 0 bridgehead atoms. The second-order valence-electron chi connectivity index (χ2n) is 6.18. The van der Waals surface area contributed by atoms with Crippen LogP contribution in [0.25, 0.3) is 0 Å². The molecule has 12 nitrogen and oxygen atoms in total. The van der Waals surface area contributed by atoms with Gasteiger partial charge in [-0.2, -0.15) is 9.41 Å². The van der Waals surface area contributed by atoms with Gasteiger partial charge in [0, 0.05) is 43.9 Å². The molecule has 0 aliphatic carbocycles. The molecule has 0 spiro atoms. The molecule has 13 heteroatoms. The van der Waals surface area contributed by atoms with Crippen LogP contribution < -0.4 is 10.7 Å². The predicted octanol–water partition coefficient (Wildman–Crippen LogP) is 3.02. The van der Waals surface area contributed by atoms with Crippen molar-refractivity contribution in [3.05, 3.63) is 62.2 Å². The zero-order chi connectivity index (χ0) is 23.2. The maximum Gasteiger partial charge on any atom is 0.292 e. The average Bonchev–Trinajstić information content (AvgIpc) is 2.74. The topological polar surface area (TPSA) is 160 Å². The minimum absolute atomic E-state index is 0.0371. The van der Waals surface area contributed by atoms with E-state index in [0.29, 0.717) is 11.3 Å². The minimum atomic E-state index is -4.01. The maximum absolute atomic E-state index is 12.9. The number of hydrogen-bond donors (Lipinski definition) is 2. The van der Waals surface area contributed by atoms with E-state index in [0.717, 1.165) is 12.1 Å². The van der Waals surface area contributed by atoms with Gasteiger partial charge < -0.3 is 5.32 Å². The van der Waals surface area contributed by atoms with E-state index in [1.165, 1.54) is 28.7 Å². The Bertz CT molecular complexity index is 1110. The van der Waals surface area contributed by atoms with Crippen molar-refractivity contribution in [1.29, 1.82) is 0 Å². The number of hydrogen-bond acceptors (Lipinski definition) is 9. The summed E-state index contributed by atoms with van der Waals surface area (Å²) in [5.41, 5.74) is 2.81. The molecule has 0 aromatic heterocycles. The molecule has 0 radical (unpaired) electrons. The van der Waals surface area contributed by atoms with Crippen LogP contribution in [-0.4, -0.2) is 48.9 Å². The second kappa shape index (κ2) is 9.95. The lowest BCUT2D eigenvalue weighted by Crippen LogP contribution is -2.31. The van der Waals surface area contributed by atoms with Crippen LogP contribution in [0.15, 0.2) is 46.4 Å². The molecular weight excluding hydrogens is 428 g/mol. The Morgan fingerprint density at radius 2 is 1.68 bits per heavy atom. The van der Waals surface area contributed by atoms with Crippen LogP contribution in [0.5, 0.6) is 0 Å². The van der Waals surface area contributed by atoms with Crippen molar-refractivity contribution in [3.8, 4) is 0 Å². The van der Waals surface area contributed by atoms with E-state index < -0.39 is 19.9 Å². The summed E-state index contributed by atoms with van der Waals surface area (Å²) in [6.07, 6.45) is 1.28. The van der Waals surface area contributed by atoms with Gasteiger partial charge in [0.1, 0.15) is 10.6 Å². The van der Waals surface area contributed by atoms with Gasteiger partial charge in [-0.25, -0.2) is 8.42 Å². The van der Waals surface area contributed by atoms with Crippen molar-refractivity contribution in [2.24, 2.45) is 5.10 Å². The van der Waals surface area contributed by atoms with Crippen LogP contribution >= 0.6 is 0 Å². The second-order valence-corrected chi connectivity index (χ2v) is 8.09. The van der Waals surface area contributed by atoms with E-state index in [4.69, 9.17) is 0 Å². The summed E-state index contributed by atoms with van der Waals surface area (Å²) in [5.74, 6) is 0. The number of anilines is 2. The van der Waals surface area contributed by atoms with Crippen LogP contribution in [0, 0.1) is 20.2 Å². The van der Waals surface area contributed by atoms with Crippen molar-refractivity contribution in [2.75, 3.05) is 30.9 Å². The van der Waals surface area contributed by atoms with Gasteiger partial charge in [0.15, 0.2) is 0 Å². The summed E-state index contributed by atoms with van der Waals surface area (Å²) >= 11 is 0. The molecule has 31 heavy (non-hydrogen) atoms. The van der Waals surface area contributed by atoms with E-state index in [1.54, 1.807) is 27.0 Å². The highest BCUT2D eigenvalue weighted by molar-refractivity contribution is 7.89. The van der Waals surface area contributed by atoms with Crippen LogP contribution in [-0.2, 0) is 10.0 Å². The van der Waals surface area contributed by atoms with Gasteiger partial charge in [-0.1, -0.05) is 19.9 Å². The number of rotatable bonds is 10. The van der Waals surface area contributed by atoms with Crippen LogP contribution in [0.3, 0.4) is 0 Å². The molecule has 0 amide bonds. The molecule has 0 unspecified atom stereocenters. The third-order valence-electron chi connectivity index (χ3n) is 4.39. The molecule has 2 aromatic rings. The van der Waals surface area contributed by atoms with E-state index >= 15 is 0 Å². The molecule has 0 fully saturated rings. The SMILES string of the molecule is CCN(CC)S(=O)(=O)c1cc([N+](=O)[O-])ccc1N/N=C/c1ccc(NC)c([N+](=O)[O-])c1. The first-order valence-corrected chi connectivity index (χ1v) is 10.6. The van der Waals surface area contributed by atoms with E-state index in [1.807, 2.05) is 0 Å². The first-order valence-electron chi connectivity index (χ1n) is 9.19. The molecule has 0 atom stereocenters. The molecule has 0 aliphatic rings. The maximum atomic E-state index is 12.9. The summed E-state index contributed by atoms with van der Waals surface area (Å²) in [6, 6.07) is 7.79. The monoisotopic (exact) mass is 450 g/mol. The summed E-state index contributed by atoms with van der Waals surface area (Å²) in [4.78, 5) is 20.8. The summed E-state index contributed by atoms with van der Waals surface area (Å²) in [5, 5.41) is 29.0. The van der Waals surface area contributed by atoms with Gasteiger partial charge in [0.25, 0.3) is 11.4 Å². The van der Waals surface area contributed by atoms with Crippen molar-refractivity contribution >= 4 is 39.0 Å². The zero-order valence-corrected chi connectivity index (χ0v) is 17.9.